The zero-order valence-corrected chi connectivity index (χ0v) is 19.0. The summed E-state index contributed by atoms with van der Waals surface area (Å²) < 4.78 is 5.83. The first kappa shape index (κ1) is 21.6. The molecule has 25 heavy (non-hydrogen) atoms. The molecule has 0 aromatic carbocycles. The topological polar surface area (TPSA) is 40.1 Å². The van der Waals surface area contributed by atoms with Gasteiger partial charge in [0, 0.05) is 43.6 Å². The van der Waals surface area contributed by atoms with E-state index in [1.165, 1.54) is 32.4 Å². The highest BCUT2D eigenvalue weighted by Gasteiger charge is 2.33. The fourth-order valence-corrected chi connectivity index (χ4v) is 4.92. The van der Waals surface area contributed by atoms with Crippen LogP contribution in [-0.2, 0) is 4.74 Å². The molecule has 3 aliphatic heterocycles. The molecule has 0 spiro atoms. The number of aliphatic imine (C=N–C) groups is 1. The van der Waals surface area contributed by atoms with Crippen LogP contribution < -0.4 is 5.32 Å². The molecule has 0 aromatic heterocycles. The Balaban J connectivity index is 0.00000225. The molecule has 3 saturated heterocycles. The molecule has 1 N–H and O–H groups in total. The highest BCUT2D eigenvalue weighted by molar-refractivity contribution is 14.0. The van der Waals surface area contributed by atoms with Crippen LogP contribution in [0.5, 0.6) is 0 Å². The molecule has 0 amide bonds. The van der Waals surface area contributed by atoms with E-state index in [4.69, 9.17) is 9.73 Å². The summed E-state index contributed by atoms with van der Waals surface area (Å²) in [5, 5.41) is 3.53. The van der Waals surface area contributed by atoms with Crippen molar-refractivity contribution in [3.63, 3.8) is 0 Å². The molecule has 0 aliphatic carbocycles. The van der Waals surface area contributed by atoms with Crippen molar-refractivity contribution >= 4 is 41.7 Å². The maximum Gasteiger partial charge on any atom is 0.194 e. The van der Waals surface area contributed by atoms with Crippen molar-refractivity contribution in [2.24, 2.45) is 4.99 Å². The molecule has 7 heteroatoms. The fraction of sp³-hybridized carbons (Fsp3) is 0.944. The molecule has 0 saturated carbocycles. The Morgan fingerprint density at radius 3 is 2.60 bits per heavy atom. The quantitative estimate of drug-likeness (QED) is 0.371. The van der Waals surface area contributed by atoms with Gasteiger partial charge in [0.15, 0.2) is 5.96 Å². The normalized spacial score (nSPS) is 27.4. The summed E-state index contributed by atoms with van der Waals surface area (Å²) in [6, 6.07) is 0.731. The number of likely N-dealkylation sites (tertiary alicyclic amines) is 2. The van der Waals surface area contributed by atoms with Crippen LogP contribution in [0.1, 0.15) is 39.0 Å². The van der Waals surface area contributed by atoms with Crippen molar-refractivity contribution in [1.29, 1.82) is 0 Å². The van der Waals surface area contributed by atoms with Gasteiger partial charge in [-0.25, -0.2) is 0 Å². The second-order valence-corrected chi connectivity index (χ2v) is 8.58. The first-order chi connectivity index (χ1) is 11.8. The Morgan fingerprint density at radius 1 is 1.24 bits per heavy atom. The van der Waals surface area contributed by atoms with Crippen molar-refractivity contribution in [2.75, 3.05) is 58.7 Å². The molecule has 0 bridgehead atoms. The zero-order chi connectivity index (χ0) is 16.8. The van der Waals surface area contributed by atoms with Crippen LogP contribution in [0.4, 0.5) is 0 Å². The van der Waals surface area contributed by atoms with Gasteiger partial charge in [0.25, 0.3) is 0 Å². The van der Waals surface area contributed by atoms with Gasteiger partial charge in [-0.3, -0.25) is 9.89 Å². The second-order valence-electron chi connectivity index (χ2n) is 7.30. The average Bonchev–Trinajstić information content (AvgIpc) is 3.30. The van der Waals surface area contributed by atoms with Gasteiger partial charge in [0.1, 0.15) is 0 Å². The standard InChI is InChI=1S/C18H34N4OS.HI/c1-3-19-17(20-15-18(24-2)7-12-23-13-8-18)22-11-6-16(14-22)21-9-4-5-10-21;/h16H,3-15H2,1-2H3,(H,19,20);1H. The lowest BCUT2D eigenvalue weighted by Crippen LogP contribution is -2.44. The predicted molar refractivity (Wildman–Crippen MR) is 118 cm³/mol. The van der Waals surface area contributed by atoms with Crippen LogP contribution in [0.3, 0.4) is 0 Å². The lowest BCUT2D eigenvalue weighted by molar-refractivity contribution is 0.0793. The number of halogens is 1. The fourth-order valence-electron chi connectivity index (χ4n) is 4.15. The van der Waals surface area contributed by atoms with E-state index in [2.05, 4.69) is 28.3 Å². The maximum absolute atomic E-state index is 5.56. The number of nitrogens with zero attached hydrogens (tertiary/aromatic N) is 3. The number of hydrogen-bond donors (Lipinski definition) is 1. The van der Waals surface area contributed by atoms with Crippen LogP contribution in [0.15, 0.2) is 4.99 Å². The Kier molecular flexibility index (Phi) is 9.11. The molecule has 1 unspecified atom stereocenters. The third-order valence-electron chi connectivity index (χ3n) is 5.81. The lowest BCUT2D eigenvalue weighted by Gasteiger charge is -2.35. The molecule has 5 nitrogen and oxygen atoms in total. The Labute approximate surface area is 174 Å². The summed E-state index contributed by atoms with van der Waals surface area (Å²) in [6.45, 7) is 10.7. The molecule has 3 rings (SSSR count). The summed E-state index contributed by atoms with van der Waals surface area (Å²) in [5.41, 5.74) is 0. The molecule has 3 fully saturated rings. The minimum absolute atomic E-state index is 0. The highest BCUT2D eigenvalue weighted by Crippen LogP contribution is 2.34. The van der Waals surface area contributed by atoms with Gasteiger partial charge in [-0.05, 0) is 58.4 Å². The SMILES string of the molecule is CCNC(=NCC1(SC)CCOCC1)N1CCC(N2CCCC2)C1.I. The van der Waals surface area contributed by atoms with E-state index in [9.17, 15) is 0 Å². The van der Waals surface area contributed by atoms with Gasteiger partial charge in [-0.2, -0.15) is 11.8 Å². The molecule has 0 radical (unpaired) electrons. The first-order valence-electron chi connectivity index (χ1n) is 9.66. The number of ether oxygens (including phenoxy) is 1. The number of guanidine groups is 1. The van der Waals surface area contributed by atoms with E-state index < -0.39 is 0 Å². The lowest BCUT2D eigenvalue weighted by atomic mass is 9.99. The van der Waals surface area contributed by atoms with Crippen LogP contribution in [0.25, 0.3) is 0 Å². The molecule has 3 aliphatic rings. The number of thioether (sulfide) groups is 1. The van der Waals surface area contributed by atoms with Crippen molar-refractivity contribution in [2.45, 2.75) is 49.8 Å². The van der Waals surface area contributed by atoms with E-state index in [0.29, 0.717) is 0 Å². The summed E-state index contributed by atoms with van der Waals surface area (Å²) in [7, 11) is 0. The Bertz CT molecular complexity index is 425. The van der Waals surface area contributed by atoms with Crippen molar-refractivity contribution in [3.8, 4) is 0 Å². The van der Waals surface area contributed by atoms with Crippen LogP contribution >= 0.6 is 35.7 Å². The summed E-state index contributed by atoms with van der Waals surface area (Å²) in [6.07, 6.45) is 8.51. The van der Waals surface area contributed by atoms with Gasteiger partial charge in [0.2, 0.25) is 0 Å². The molecule has 0 aromatic rings. The van der Waals surface area contributed by atoms with E-state index in [-0.39, 0.29) is 28.7 Å². The predicted octanol–water partition coefficient (Wildman–Crippen LogP) is 2.65. The second kappa shape index (κ2) is 10.6. The van der Waals surface area contributed by atoms with E-state index >= 15 is 0 Å². The summed E-state index contributed by atoms with van der Waals surface area (Å²) >= 11 is 1.98. The van der Waals surface area contributed by atoms with E-state index in [0.717, 1.165) is 64.2 Å². The third-order valence-corrected chi connectivity index (χ3v) is 7.21. The first-order valence-corrected chi connectivity index (χ1v) is 10.9. The summed E-state index contributed by atoms with van der Waals surface area (Å²) in [5.74, 6) is 1.12. The molecular weight excluding hydrogens is 447 g/mol. The van der Waals surface area contributed by atoms with E-state index in [1.807, 2.05) is 11.8 Å². The van der Waals surface area contributed by atoms with Crippen molar-refractivity contribution in [3.05, 3.63) is 0 Å². The minimum atomic E-state index is 0. The van der Waals surface area contributed by atoms with Gasteiger partial charge < -0.3 is 15.0 Å². The Hall–Kier alpha value is 0.270. The highest BCUT2D eigenvalue weighted by atomic mass is 127. The van der Waals surface area contributed by atoms with Gasteiger partial charge in [0.05, 0.1) is 6.54 Å². The van der Waals surface area contributed by atoms with Crippen LogP contribution in [0.2, 0.25) is 0 Å². The number of rotatable bonds is 5. The molecule has 1 atom stereocenters. The minimum Gasteiger partial charge on any atom is -0.381 e. The monoisotopic (exact) mass is 482 g/mol. The van der Waals surface area contributed by atoms with Crippen molar-refractivity contribution < 1.29 is 4.74 Å². The van der Waals surface area contributed by atoms with Crippen LogP contribution in [0, 0.1) is 0 Å². The summed E-state index contributed by atoms with van der Waals surface area (Å²) in [4.78, 5) is 10.2. The Morgan fingerprint density at radius 2 is 1.96 bits per heavy atom. The largest absolute Gasteiger partial charge is 0.381 e. The number of nitrogens with one attached hydrogen (secondary N) is 1. The van der Waals surface area contributed by atoms with Gasteiger partial charge in [-0.15, -0.1) is 24.0 Å². The van der Waals surface area contributed by atoms with Crippen molar-refractivity contribution in [1.82, 2.24) is 15.1 Å². The maximum atomic E-state index is 5.56. The number of hydrogen-bond acceptors (Lipinski definition) is 4. The molecular formula is C18H35IN4OS. The average molecular weight is 482 g/mol. The van der Waals surface area contributed by atoms with E-state index in [1.54, 1.807) is 0 Å². The third kappa shape index (κ3) is 5.62. The smallest absolute Gasteiger partial charge is 0.194 e. The molecule has 3 heterocycles. The van der Waals surface area contributed by atoms with Crippen LogP contribution in [-0.4, -0.2) is 85.3 Å². The zero-order valence-electron chi connectivity index (χ0n) is 15.8. The van der Waals surface area contributed by atoms with Gasteiger partial charge >= 0.3 is 0 Å². The molecule has 146 valence electrons. The van der Waals surface area contributed by atoms with Gasteiger partial charge in [-0.1, -0.05) is 0 Å².